The predicted octanol–water partition coefficient (Wildman–Crippen LogP) is 0.0474. The van der Waals surface area contributed by atoms with E-state index in [0.717, 1.165) is 5.39 Å². The van der Waals surface area contributed by atoms with Crippen LogP contribution in [0.5, 0.6) is 0 Å². The van der Waals surface area contributed by atoms with E-state index in [4.69, 9.17) is 21.7 Å². The van der Waals surface area contributed by atoms with Crippen LogP contribution < -0.4 is 17.2 Å². The highest BCUT2D eigenvalue weighted by Gasteiger charge is 1.99. The van der Waals surface area contributed by atoms with Crippen LogP contribution in [0.15, 0.2) is 38.9 Å². The van der Waals surface area contributed by atoms with Gasteiger partial charge in [-0.15, -0.1) is 0 Å². The summed E-state index contributed by atoms with van der Waals surface area (Å²) in [7, 11) is 0. The van der Waals surface area contributed by atoms with E-state index in [1.807, 2.05) is 6.07 Å². The van der Waals surface area contributed by atoms with Gasteiger partial charge >= 0.3 is 0 Å². The van der Waals surface area contributed by atoms with Gasteiger partial charge in [0, 0.05) is 11.5 Å². The molecule has 6 N–H and O–H groups in total. The number of rotatable bonds is 1. The maximum atomic E-state index is 5.48. The number of nitrogens with two attached hydrogens (primary N) is 3. The summed E-state index contributed by atoms with van der Waals surface area (Å²) in [6, 6.07) is 5.26. The van der Waals surface area contributed by atoms with Crippen LogP contribution in [-0.4, -0.2) is 17.1 Å². The molecule has 1 heterocycles. The van der Waals surface area contributed by atoms with E-state index in [1.54, 1.807) is 18.3 Å². The molecule has 2 rings (SSSR count). The third-order valence-corrected chi connectivity index (χ3v) is 1.83. The monoisotopic (exact) mass is 218 g/mol. The number of benzene rings is 1. The number of aromatic nitrogens is 1. The fraction of sp³-hybridized carbons (Fsp3) is 0. The van der Waals surface area contributed by atoms with Crippen molar-refractivity contribution in [2.75, 3.05) is 0 Å². The zero-order chi connectivity index (χ0) is 11.5. The van der Waals surface area contributed by atoms with Crippen LogP contribution in [-0.2, 0) is 0 Å². The van der Waals surface area contributed by atoms with Crippen LogP contribution in [0.25, 0.3) is 11.0 Å². The van der Waals surface area contributed by atoms with Gasteiger partial charge in [0.15, 0.2) is 11.5 Å². The summed E-state index contributed by atoms with van der Waals surface area (Å²) in [6.45, 7) is 0. The van der Waals surface area contributed by atoms with Crippen LogP contribution in [0.3, 0.4) is 0 Å². The molecule has 0 spiro atoms. The van der Waals surface area contributed by atoms with Gasteiger partial charge in [0.1, 0.15) is 0 Å². The van der Waals surface area contributed by atoms with E-state index in [2.05, 4.69) is 15.1 Å². The van der Waals surface area contributed by atoms with Crippen molar-refractivity contribution < 1.29 is 4.52 Å². The van der Waals surface area contributed by atoms with E-state index < -0.39 is 0 Å². The highest BCUT2D eigenvalue weighted by molar-refractivity contribution is 5.94. The molecule has 0 fully saturated rings. The number of nitrogens with zero attached hydrogens (tertiary/aromatic N) is 3. The second-order valence-corrected chi connectivity index (χ2v) is 3.05. The van der Waals surface area contributed by atoms with Crippen LogP contribution in [0.2, 0.25) is 0 Å². The van der Waals surface area contributed by atoms with Gasteiger partial charge in [0.25, 0.3) is 0 Å². The highest BCUT2D eigenvalue weighted by atomic mass is 16.5. The first-order valence-corrected chi connectivity index (χ1v) is 4.43. The molecule has 0 aliphatic heterocycles. The summed E-state index contributed by atoms with van der Waals surface area (Å²) in [5.74, 6) is -0.152. The maximum absolute atomic E-state index is 5.48. The summed E-state index contributed by atoms with van der Waals surface area (Å²) in [5.41, 5.74) is 17.0. The van der Waals surface area contributed by atoms with E-state index in [9.17, 15) is 0 Å². The predicted molar refractivity (Wildman–Crippen MR) is 61.1 cm³/mol. The zero-order valence-corrected chi connectivity index (χ0v) is 8.29. The molecule has 7 nitrogen and oxygen atoms in total. The summed E-state index contributed by atoms with van der Waals surface area (Å²) < 4.78 is 4.98. The minimum absolute atomic E-state index is 0.0149. The Labute approximate surface area is 90.6 Å². The maximum Gasteiger partial charge on any atom is 0.223 e. The number of hydrogen-bond acceptors (Lipinski definition) is 3. The van der Waals surface area contributed by atoms with Gasteiger partial charge < -0.3 is 21.7 Å². The molecule has 0 unspecified atom stereocenters. The Kier molecular flexibility index (Phi) is 2.42. The molecule has 1 aromatic carbocycles. The third-order valence-electron chi connectivity index (χ3n) is 1.83. The van der Waals surface area contributed by atoms with Crippen LogP contribution >= 0.6 is 0 Å². The second-order valence-electron chi connectivity index (χ2n) is 3.05. The molecule has 1 aromatic heterocycles. The van der Waals surface area contributed by atoms with Gasteiger partial charge in [-0.1, -0.05) is 5.16 Å². The smallest absolute Gasteiger partial charge is 0.223 e. The molecule has 0 aliphatic carbocycles. The first-order valence-electron chi connectivity index (χ1n) is 4.43. The van der Waals surface area contributed by atoms with Gasteiger partial charge in [-0.2, -0.15) is 4.99 Å². The molecule has 0 radical (unpaired) electrons. The molecule has 82 valence electrons. The Hall–Kier alpha value is -2.57. The SMILES string of the molecule is NC(N)=NC(N)=Nc1ccc2cnoc2c1. The lowest BCUT2D eigenvalue weighted by Gasteiger charge is -1.95. The fourth-order valence-electron chi connectivity index (χ4n) is 1.21. The van der Waals surface area contributed by atoms with Crippen molar-refractivity contribution in [1.29, 1.82) is 0 Å². The minimum atomic E-state index is -0.137. The summed E-state index contributed by atoms with van der Waals surface area (Å²) in [6.07, 6.45) is 1.61. The normalized spacial score (nSPS) is 11.6. The average Bonchev–Trinajstić information content (AvgIpc) is 2.63. The Morgan fingerprint density at radius 3 is 2.81 bits per heavy atom. The van der Waals surface area contributed by atoms with Gasteiger partial charge in [-0.25, -0.2) is 4.99 Å². The van der Waals surface area contributed by atoms with E-state index in [1.165, 1.54) is 0 Å². The molecule has 16 heavy (non-hydrogen) atoms. The third kappa shape index (κ3) is 2.08. The average molecular weight is 218 g/mol. The van der Waals surface area contributed by atoms with Crippen molar-refractivity contribution in [3.05, 3.63) is 24.4 Å². The lowest BCUT2D eigenvalue weighted by Crippen LogP contribution is -2.26. The Morgan fingerprint density at radius 1 is 1.25 bits per heavy atom. The molecular weight excluding hydrogens is 208 g/mol. The van der Waals surface area contributed by atoms with Gasteiger partial charge in [-0.3, -0.25) is 0 Å². The largest absolute Gasteiger partial charge is 0.370 e. The number of guanidine groups is 2. The summed E-state index contributed by atoms with van der Waals surface area (Å²) in [4.78, 5) is 7.58. The molecule has 0 bridgehead atoms. The molecule has 2 aromatic rings. The quantitative estimate of drug-likeness (QED) is 0.460. The van der Waals surface area contributed by atoms with Crippen molar-refractivity contribution in [2.24, 2.45) is 27.2 Å². The minimum Gasteiger partial charge on any atom is -0.370 e. The van der Waals surface area contributed by atoms with Gasteiger partial charge in [0.05, 0.1) is 11.9 Å². The van der Waals surface area contributed by atoms with Crippen LogP contribution in [0, 0.1) is 0 Å². The van der Waals surface area contributed by atoms with Gasteiger partial charge in [-0.05, 0) is 12.1 Å². The lowest BCUT2D eigenvalue weighted by atomic mass is 10.2. The first-order chi connectivity index (χ1) is 7.65. The fourth-order valence-corrected chi connectivity index (χ4v) is 1.21. The van der Waals surface area contributed by atoms with E-state index in [0.29, 0.717) is 11.3 Å². The summed E-state index contributed by atoms with van der Waals surface area (Å²) in [5, 5.41) is 4.54. The molecular formula is C9H10N6O. The first kappa shape index (κ1) is 9.97. The van der Waals surface area contributed by atoms with Crippen LogP contribution in [0.1, 0.15) is 0 Å². The number of aliphatic imine (C=N–C) groups is 2. The van der Waals surface area contributed by atoms with Crippen molar-refractivity contribution in [2.45, 2.75) is 0 Å². The number of hydrogen-bond donors (Lipinski definition) is 3. The Balaban J connectivity index is 2.37. The zero-order valence-electron chi connectivity index (χ0n) is 8.29. The molecule has 7 heteroatoms. The lowest BCUT2D eigenvalue weighted by molar-refractivity contribution is 0.456. The topological polar surface area (TPSA) is 129 Å². The molecule has 0 saturated heterocycles. The number of fused-ring (bicyclic) bond motifs is 1. The molecule has 0 atom stereocenters. The standard InChI is InChI=1S/C9H10N6O/c10-8(11)15-9(12)14-6-2-1-5-4-13-16-7(5)3-6/h1-4H,(H6,10,11,12,14,15). The highest BCUT2D eigenvalue weighted by Crippen LogP contribution is 2.20. The molecule has 0 aliphatic rings. The molecule has 0 saturated carbocycles. The van der Waals surface area contributed by atoms with E-state index >= 15 is 0 Å². The molecule has 0 amide bonds. The second kappa shape index (κ2) is 3.89. The van der Waals surface area contributed by atoms with Crippen molar-refractivity contribution in [3.63, 3.8) is 0 Å². The van der Waals surface area contributed by atoms with Gasteiger partial charge in [0.2, 0.25) is 5.96 Å². The Morgan fingerprint density at radius 2 is 2.06 bits per heavy atom. The van der Waals surface area contributed by atoms with Crippen molar-refractivity contribution in [3.8, 4) is 0 Å². The van der Waals surface area contributed by atoms with Crippen molar-refractivity contribution in [1.82, 2.24) is 5.16 Å². The Bertz CT molecular complexity index is 566. The summed E-state index contributed by atoms with van der Waals surface area (Å²) >= 11 is 0. The van der Waals surface area contributed by atoms with E-state index in [-0.39, 0.29) is 11.9 Å². The van der Waals surface area contributed by atoms with Crippen molar-refractivity contribution >= 4 is 28.6 Å². The van der Waals surface area contributed by atoms with Crippen LogP contribution in [0.4, 0.5) is 5.69 Å².